The average molecular weight is 322 g/mol. The zero-order chi connectivity index (χ0) is 17.7. The molecule has 0 bridgehead atoms. The molecule has 3 nitrogen and oxygen atoms in total. The van der Waals surface area contributed by atoms with Gasteiger partial charge in [-0.15, -0.1) is 0 Å². The summed E-state index contributed by atoms with van der Waals surface area (Å²) in [6, 6.07) is 0. The Bertz CT molecular complexity index is 476. The topological polar surface area (TPSA) is 60.7 Å². The molecule has 0 unspecified atom stereocenters. The summed E-state index contributed by atoms with van der Waals surface area (Å²) in [6.45, 7) is 9.41. The highest BCUT2D eigenvalue weighted by atomic mass is 16.3. The van der Waals surface area contributed by atoms with Crippen molar-refractivity contribution in [3.63, 3.8) is 0 Å². The first-order valence-corrected chi connectivity index (χ1v) is 8.67. The largest absolute Gasteiger partial charge is 0.390 e. The Morgan fingerprint density at radius 2 is 1.74 bits per heavy atom. The third-order valence-electron chi connectivity index (χ3n) is 4.82. The first-order valence-electron chi connectivity index (χ1n) is 8.67. The molecule has 0 spiro atoms. The lowest BCUT2D eigenvalue weighted by Crippen LogP contribution is -2.40. The molecule has 0 aliphatic heterocycles. The summed E-state index contributed by atoms with van der Waals surface area (Å²) in [4.78, 5) is 0. The highest BCUT2D eigenvalue weighted by molar-refractivity contribution is 5.23. The molecule has 0 saturated heterocycles. The molecule has 1 rings (SSSR count). The van der Waals surface area contributed by atoms with E-state index in [0.717, 1.165) is 24.8 Å². The molecule has 1 aliphatic rings. The molecule has 3 N–H and O–H groups in total. The fourth-order valence-corrected chi connectivity index (χ4v) is 2.80. The van der Waals surface area contributed by atoms with Gasteiger partial charge in [-0.05, 0) is 78.7 Å². The van der Waals surface area contributed by atoms with Gasteiger partial charge in [0.15, 0.2) is 0 Å². The van der Waals surface area contributed by atoms with E-state index in [4.69, 9.17) is 0 Å². The van der Waals surface area contributed by atoms with Crippen LogP contribution in [0.25, 0.3) is 0 Å². The van der Waals surface area contributed by atoms with Crippen LogP contribution in [0.1, 0.15) is 73.1 Å². The van der Waals surface area contributed by atoms with E-state index in [1.165, 1.54) is 11.1 Å². The highest BCUT2D eigenvalue weighted by Gasteiger charge is 2.31. The van der Waals surface area contributed by atoms with Gasteiger partial charge in [0, 0.05) is 0 Å². The molecule has 0 amide bonds. The van der Waals surface area contributed by atoms with Gasteiger partial charge in [-0.1, -0.05) is 29.4 Å². The Morgan fingerprint density at radius 1 is 1.09 bits per heavy atom. The van der Waals surface area contributed by atoms with Crippen LogP contribution in [0.15, 0.2) is 34.9 Å². The lowest BCUT2D eigenvalue weighted by molar-refractivity contribution is -0.0705. The van der Waals surface area contributed by atoms with Crippen molar-refractivity contribution in [3.05, 3.63) is 34.9 Å². The zero-order valence-corrected chi connectivity index (χ0v) is 15.4. The maximum absolute atomic E-state index is 10.6. The Labute approximate surface area is 141 Å². The molecule has 2 atom stereocenters. The summed E-state index contributed by atoms with van der Waals surface area (Å²) in [5.41, 5.74) is 1.35. The quantitative estimate of drug-likeness (QED) is 0.638. The normalized spacial score (nSPS) is 36.0. The van der Waals surface area contributed by atoms with Crippen molar-refractivity contribution in [1.29, 1.82) is 0 Å². The number of rotatable bonds is 1. The van der Waals surface area contributed by atoms with Gasteiger partial charge >= 0.3 is 0 Å². The molecule has 1 aliphatic carbocycles. The molecule has 0 heterocycles. The second kappa shape index (κ2) is 8.27. The SMILES string of the molecule is C/C1=C\C=C(/C(C)(C)O)CC[C@@](C)(O)[C@@H](O)CC/C(C)=C/CC1. The van der Waals surface area contributed by atoms with E-state index in [1.54, 1.807) is 20.8 Å². The Balaban J connectivity index is 3.07. The van der Waals surface area contributed by atoms with E-state index in [9.17, 15) is 15.3 Å². The van der Waals surface area contributed by atoms with E-state index in [-0.39, 0.29) is 0 Å². The van der Waals surface area contributed by atoms with E-state index in [2.05, 4.69) is 26.0 Å². The number of aliphatic hydroxyl groups excluding tert-OH is 1. The van der Waals surface area contributed by atoms with E-state index in [0.29, 0.717) is 19.3 Å². The molecular formula is C20H34O3. The first-order chi connectivity index (χ1) is 10.5. The lowest BCUT2D eigenvalue weighted by Gasteiger charge is -2.31. The standard InChI is InChI=1S/C20H34O3/c1-15-7-6-8-16(2)10-12-18(21)20(5,23)14-13-17(11-9-15)19(3,4)22/h8-9,11,18,21-23H,6-7,10,12-14H2,1-5H3/b15-9+,16-8+,17-11-/t18-,20+/m0/s1. The van der Waals surface area contributed by atoms with Gasteiger partial charge in [0.2, 0.25) is 0 Å². The minimum Gasteiger partial charge on any atom is -0.390 e. The van der Waals surface area contributed by atoms with E-state index >= 15 is 0 Å². The van der Waals surface area contributed by atoms with Crippen LogP contribution in [0.5, 0.6) is 0 Å². The fraction of sp³-hybridized carbons (Fsp3) is 0.700. The first kappa shape index (κ1) is 20.1. The predicted molar refractivity (Wildman–Crippen MR) is 96.2 cm³/mol. The van der Waals surface area contributed by atoms with E-state index < -0.39 is 17.3 Å². The van der Waals surface area contributed by atoms with Crippen molar-refractivity contribution in [1.82, 2.24) is 0 Å². The van der Waals surface area contributed by atoms with Gasteiger partial charge in [0.25, 0.3) is 0 Å². The molecule has 0 saturated carbocycles. The molecule has 0 radical (unpaired) electrons. The second-order valence-electron chi connectivity index (χ2n) is 7.76. The Morgan fingerprint density at radius 3 is 2.35 bits per heavy atom. The van der Waals surface area contributed by atoms with Gasteiger partial charge in [0.05, 0.1) is 17.3 Å². The maximum Gasteiger partial charge on any atom is 0.0880 e. The predicted octanol–water partition coefficient (Wildman–Crippen LogP) is 4.04. The fourth-order valence-electron chi connectivity index (χ4n) is 2.80. The van der Waals surface area contributed by atoms with Crippen LogP contribution in [0, 0.1) is 0 Å². The van der Waals surface area contributed by atoms with Crippen LogP contribution in [0.4, 0.5) is 0 Å². The smallest absolute Gasteiger partial charge is 0.0880 e. The Kier molecular flexibility index (Phi) is 7.25. The molecule has 23 heavy (non-hydrogen) atoms. The summed E-state index contributed by atoms with van der Waals surface area (Å²) < 4.78 is 0. The van der Waals surface area contributed by atoms with Crippen molar-refractivity contribution in [2.45, 2.75) is 90.4 Å². The van der Waals surface area contributed by atoms with Crippen LogP contribution in [-0.4, -0.2) is 32.6 Å². The van der Waals surface area contributed by atoms with E-state index in [1.807, 2.05) is 6.08 Å². The second-order valence-corrected chi connectivity index (χ2v) is 7.76. The summed E-state index contributed by atoms with van der Waals surface area (Å²) >= 11 is 0. The lowest BCUT2D eigenvalue weighted by atomic mass is 9.84. The molecule has 3 heteroatoms. The third-order valence-corrected chi connectivity index (χ3v) is 4.82. The average Bonchev–Trinajstić information content (AvgIpc) is 2.42. The molecule has 0 aromatic heterocycles. The molecule has 0 fully saturated rings. The molecule has 0 aromatic rings. The molecule has 0 aromatic carbocycles. The van der Waals surface area contributed by atoms with Gasteiger partial charge in [-0.2, -0.15) is 0 Å². The zero-order valence-electron chi connectivity index (χ0n) is 15.4. The molecule has 132 valence electrons. The Hall–Kier alpha value is -0.900. The number of allylic oxidation sites excluding steroid dienone is 5. The van der Waals surface area contributed by atoms with Crippen LogP contribution in [-0.2, 0) is 0 Å². The highest BCUT2D eigenvalue weighted by Crippen LogP contribution is 2.29. The van der Waals surface area contributed by atoms with Crippen LogP contribution in [0.2, 0.25) is 0 Å². The molecular weight excluding hydrogens is 288 g/mol. The third kappa shape index (κ3) is 7.03. The van der Waals surface area contributed by atoms with Gasteiger partial charge in [-0.25, -0.2) is 0 Å². The van der Waals surface area contributed by atoms with Crippen LogP contribution < -0.4 is 0 Å². The minimum atomic E-state index is -1.15. The summed E-state index contributed by atoms with van der Waals surface area (Å²) in [6.07, 6.45) is 9.82. The van der Waals surface area contributed by atoms with Crippen molar-refractivity contribution in [2.75, 3.05) is 0 Å². The van der Waals surface area contributed by atoms with Gasteiger partial charge in [-0.3, -0.25) is 0 Å². The summed E-state index contributed by atoms with van der Waals surface area (Å²) in [5, 5.41) is 31.3. The van der Waals surface area contributed by atoms with Gasteiger partial charge in [0.1, 0.15) is 0 Å². The number of aliphatic hydroxyl groups is 3. The van der Waals surface area contributed by atoms with Crippen molar-refractivity contribution in [3.8, 4) is 0 Å². The monoisotopic (exact) mass is 322 g/mol. The summed E-state index contributed by atoms with van der Waals surface area (Å²) in [5.74, 6) is 0. The number of hydrogen-bond acceptors (Lipinski definition) is 3. The van der Waals surface area contributed by atoms with Crippen molar-refractivity contribution < 1.29 is 15.3 Å². The maximum atomic E-state index is 10.6. The van der Waals surface area contributed by atoms with Gasteiger partial charge < -0.3 is 15.3 Å². The number of hydrogen-bond donors (Lipinski definition) is 3. The van der Waals surface area contributed by atoms with Crippen LogP contribution in [0.3, 0.4) is 0 Å². The van der Waals surface area contributed by atoms with Crippen LogP contribution >= 0.6 is 0 Å². The van der Waals surface area contributed by atoms with Crippen molar-refractivity contribution in [2.24, 2.45) is 0 Å². The minimum absolute atomic E-state index is 0.430. The summed E-state index contributed by atoms with van der Waals surface area (Å²) in [7, 11) is 0. The van der Waals surface area contributed by atoms with Crippen molar-refractivity contribution >= 4 is 0 Å².